The van der Waals surface area contributed by atoms with E-state index in [0.717, 1.165) is 12.1 Å². The molecule has 3 N–H and O–H groups in total. The number of benzene rings is 1. The topological polar surface area (TPSA) is 55.1 Å². The Kier molecular flexibility index (Phi) is 4.59. The normalized spacial score (nSPS) is 19.1. The highest BCUT2D eigenvalue weighted by Gasteiger charge is 2.29. The van der Waals surface area contributed by atoms with Crippen molar-refractivity contribution in [1.82, 2.24) is 5.32 Å². The number of hydrogen-bond donors (Lipinski definition) is 2. The quantitative estimate of drug-likeness (QED) is 0.853. The van der Waals surface area contributed by atoms with Gasteiger partial charge in [0.1, 0.15) is 0 Å². The molecule has 1 aromatic rings. The molecule has 0 radical (unpaired) electrons. The summed E-state index contributed by atoms with van der Waals surface area (Å²) in [4.78, 5) is 12.0. The average Bonchev–Trinajstić information content (AvgIpc) is 2.84. The molecule has 1 aromatic carbocycles. The van der Waals surface area contributed by atoms with Gasteiger partial charge in [-0.2, -0.15) is 0 Å². The molecule has 0 heterocycles. The Balaban J connectivity index is 1.79. The van der Waals surface area contributed by atoms with E-state index in [2.05, 4.69) is 12.2 Å². The lowest BCUT2D eigenvalue weighted by Gasteiger charge is -2.24. The number of amides is 1. The van der Waals surface area contributed by atoms with Gasteiger partial charge in [0.05, 0.1) is 6.04 Å². The van der Waals surface area contributed by atoms with E-state index in [4.69, 9.17) is 5.73 Å². The SMILES string of the molecule is CC1(CNC(=O)[C@@H](N)Cc2ccccc2)CCCC1. The minimum Gasteiger partial charge on any atom is -0.354 e. The van der Waals surface area contributed by atoms with E-state index in [1.165, 1.54) is 25.7 Å². The molecule has 1 atom stereocenters. The van der Waals surface area contributed by atoms with Crippen molar-refractivity contribution in [3.05, 3.63) is 35.9 Å². The Morgan fingerprint density at radius 3 is 2.58 bits per heavy atom. The predicted molar refractivity (Wildman–Crippen MR) is 77.7 cm³/mol. The molecule has 0 aliphatic heterocycles. The fourth-order valence-electron chi connectivity index (χ4n) is 2.80. The maximum Gasteiger partial charge on any atom is 0.237 e. The van der Waals surface area contributed by atoms with Crippen LogP contribution in [0.1, 0.15) is 38.2 Å². The van der Waals surface area contributed by atoms with Crippen molar-refractivity contribution in [2.75, 3.05) is 6.54 Å². The smallest absolute Gasteiger partial charge is 0.237 e. The highest BCUT2D eigenvalue weighted by atomic mass is 16.2. The van der Waals surface area contributed by atoms with Crippen LogP contribution in [0.3, 0.4) is 0 Å². The predicted octanol–water partition coefficient (Wildman–Crippen LogP) is 2.25. The third kappa shape index (κ3) is 4.06. The summed E-state index contributed by atoms with van der Waals surface area (Å²) in [6.07, 6.45) is 5.58. The van der Waals surface area contributed by atoms with Crippen molar-refractivity contribution in [2.45, 2.75) is 45.1 Å². The summed E-state index contributed by atoms with van der Waals surface area (Å²) in [5.41, 5.74) is 7.35. The van der Waals surface area contributed by atoms with Crippen LogP contribution in [-0.2, 0) is 11.2 Å². The van der Waals surface area contributed by atoms with Gasteiger partial charge in [0.15, 0.2) is 0 Å². The van der Waals surface area contributed by atoms with E-state index in [-0.39, 0.29) is 11.3 Å². The van der Waals surface area contributed by atoms with Gasteiger partial charge in [0.25, 0.3) is 0 Å². The second-order valence-corrected chi connectivity index (χ2v) is 6.03. The summed E-state index contributed by atoms with van der Waals surface area (Å²) in [7, 11) is 0. The highest BCUT2D eigenvalue weighted by Crippen LogP contribution is 2.36. The molecule has 1 fully saturated rings. The van der Waals surface area contributed by atoms with E-state index in [1.807, 2.05) is 30.3 Å². The van der Waals surface area contributed by atoms with Crippen LogP contribution in [0.4, 0.5) is 0 Å². The molecule has 0 aromatic heterocycles. The number of nitrogens with one attached hydrogen (secondary N) is 1. The molecule has 3 nitrogen and oxygen atoms in total. The van der Waals surface area contributed by atoms with Crippen LogP contribution in [0.5, 0.6) is 0 Å². The van der Waals surface area contributed by atoms with E-state index >= 15 is 0 Å². The minimum absolute atomic E-state index is 0.0306. The van der Waals surface area contributed by atoms with E-state index in [1.54, 1.807) is 0 Å². The largest absolute Gasteiger partial charge is 0.354 e. The molecule has 104 valence electrons. The van der Waals surface area contributed by atoms with Gasteiger partial charge >= 0.3 is 0 Å². The third-order valence-electron chi connectivity index (χ3n) is 4.14. The summed E-state index contributed by atoms with van der Waals surface area (Å²) in [5, 5.41) is 3.02. The summed E-state index contributed by atoms with van der Waals surface area (Å²) in [6, 6.07) is 9.47. The summed E-state index contributed by atoms with van der Waals surface area (Å²) < 4.78 is 0. The first-order valence-electron chi connectivity index (χ1n) is 7.16. The van der Waals surface area contributed by atoms with Crippen molar-refractivity contribution in [3.63, 3.8) is 0 Å². The zero-order valence-electron chi connectivity index (χ0n) is 11.7. The first-order valence-corrected chi connectivity index (χ1v) is 7.16. The van der Waals surface area contributed by atoms with Crippen LogP contribution in [0.15, 0.2) is 30.3 Å². The lowest BCUT2D eigenvalue weighted by molar-refractivity contribution is -0.122. The number of carbonyl (C=O) groups excluding carboxylic acids is 1. The third-order valence-corrected chi connectivity index (χ3v) is 4.14. The Morgan fingerprint density at radius 1 is 1.32 bits per heavy atom. The maximum absolute atomic E-state index is 12.0. The van der Waals surface area contributed by atoms with Gasteiger partial charge in [-0.05, 0) is 30.2 Å². The number of nitrogens with two attached hydrogens (primary N) is 1. The van der Waals surface area contributed by atoms with E-state index in [0.29, 0.717) is 6.42 Å². The minimum atomic E-state index is -0.451. The first-order chi connectivity index (χ1) is 9.09. The zero-order valence-corrected chi connectivity index (χ0v) is 11.7. The van der Waals surface area contributed by atoms with E-state index < -0.39 is 6.04 Å². The Labute approximate surface area is 115 Å². The molecular formula is C16H24N2O. The monoisotopic (exact) mass is 260 g/mol. The lowest BCUT2D eigenvalue weighted by Crippen LogP contribution is -2.45. The van der Waals surface area contributed by atoms with Crippen molar-refractivity contribution in [1.29, 1.82) is 0 Å². The highest BCUT2D eigenvalue weighted by molar-refractivity contribution is 5.81. The van der Waals surface area contributed by atoms with Crippen LogP contribution in [0.2, 0.25) is 0 Å². The number of rotatable bonds is 5. The zero-order chi connectivity index (χ0) is 13.7. The molecule has 0 spiro atoms. The van der Waals surface area contributed by atoms with Crippen LogP contribution < -0.4 is 11.1 Å². The Bertz CT molecular complexity index is 410. The molecule has 0 saturated heterocycles. The van der Waals surface area contributed by atoms with Crippen molar-refractivity contribution >= 4 is 5.91 Å². The maximum atomic E-state index is 12.0. The molecule has 0 unspecified atom stereocenters. The van der Waals surface area contributed by atoms with Gasteiger partial charge in [-0.3, -0.25) is 4.79 Å². The molecule has 0 bridgehead atoms. The van der Waals surface area contributed by atoms with Crippen LogP contribution in [0, 0.1) is 5.41 Å². The second-order valence-electron chi connectivity index (χ2n) is 6.03. The Hall–Kier alpha value is -1.35. The molecule has 1 saturated carbocycles. The van der Waals surface area contributed by atoms with Gasteiger partial charge in [0, 0.05) is 6.54 Å². The first kappa shape index (κ1) is 14.1. The number of carbonyl (C=O) groups is 1. The van der Waals surface area contributed by atoms with Gasteiger partial charge in [-0.15, -0.1) is 0 Å². The molecule has 3 heteroatoms. The van der Waals surface area contributed by atoms with Crippen molar-refractivity contribution in [2.24, 2.45) is 11.1 Å². The molecule has 2 rings (SSSR count). The summed E-state index contributed by atoms with van der Waals surface area (Å²) >= 11 is 0. The van der Waals surface area contributed by atoms with Crippen LogP contribution in [-0.4, -0.2) is 18.5 Å². The van der Waals surface area contributed by atoms with Gasteiger partial charge in [-0.1, -0.05) is 50.1 Å². The van der Waals surface area contributed by atoms with Crippen molar-refractivity contribution in [3.8, 4) is 0 Å². The number of hydrogen-bond acceptors (Lipinski definition) is 2. The van der Waals surface area contributed by atoms with Gasteiger partial charge < -0.3 is 11.1 Å². The lowest BCUT2D eigenvalue weighted by atomic mass is 9.89. The van der Waals surface area contributed by atoms with Gasteiger partial charge in [0.2, 0.25) is 5.91 Å². The second kappa shape index (κ2) is 6.20. The van der Waals surface area contributed by atoms with Crippen LogP contribution >= 0.6 is 0 Å². The fourth-order valence-corrected chi connectivity index (χ4v) is 2.80. The molecule has 1 amide bonds. The van der Waals surface area contributed by atoms with Crippen molar-refractivity contribution < 1.29 is 4.79 Å². The van der Waals surface area contributed by atoms with E-state index in [9.17, 15) is 4.79 Å². The molecule has 1 aliphatic carbocycles. The Morgan fingerprint density at radius 2 is 1.95 bits per heavy atom. The molecule has 1 aliphatic rings. The standard InChI is InChI=1S/C16H24N2O/c1-16(9-5-6-10-16)12-18-15(19)14(17)11-13-7-3-2-4-8-13/h2-4,7-8,14H,5-6,9-12,17H2,1H3,(H,18,19)/t14-/m0/s1. The van der Waals surface area contributed by atoms with Crippen LogP contribution in [0.25, 0.3) is 0 Å². The molecule has 19 heavy (non-hydrogen) atoms. The average molecular weight is 260 g/mol. The van der Waals surface area contributed by atoms with Gasteiger partial charge in [-0.25, -0.2) is 0 Å². The fraction of sp³-hybridized carbons (Fsp3) is 0.562. The summed E-state index contributed by atoms with van der Waals surface area (Å²) in [5.74, 6) is -0.0306. The summed E-state index contributed by atoms with van der Waals surface area (Å²) in [6.45, 7) is 3.01. The molecular weight excluding hydrogens is 236 g/mol.